The summed E-state index contributed by atoms with van der Waals surface area (Å²) >= 11 is 0. The van der Waals surface area contributed by atoms with E-state index in [1.54, 1.807) is 19.2 Å². The van der Waals surface area contributed by atoms with Crippen molar-refractivity contribution >= 4 is 6.03 Å². The van der Waals surface area contributed by atoms with Gasteiger partial charge in [-0.25, -0.2) is 9.18 Å². The molecule has 0 bridgehead atoms. The molecule has 0 saturated heterocycles. The molecule has 4 nitrogen and oxygen atoms in total. The first-order valence-corrected chi connectivity index (χ1v) is 11.6. The number of urea groups is 1. The van der Waals surface area contributed by atoms with Crippen molar-refractivity contribution in [1.29, 1.82) is 0 Å². The van der Waals surface area contributed by atoms with Crippen molar-refractivity contribution < 1.29 is 13.9 Å². The van der Waals surface area contributed by atoms with Gasteiger partial charge in [-0.15, -0.1) is 0 Å². The minimum absolute atomic E-state index is 0.0849. The number of methoxy groups -OCH3 is 1. The number of carbonyl (C=O) groups is 1. The lowest BCUT2D eigenvalue weighted by Crippen LogP contribution is -2.46. The molecule has 3 aromatic carbocycles. The lowest BCUT2D eigenvalue weighted by atomic mass is 9.81. The van der Waals surface area contributed by atoms with Crippen LogP contribution in [0.3, 0.4) is 0 Å². The third kappa shape index (κ3) is 6.13. The number of ether oxygens (including phenoxy) is 1. The Morgan fingerprint density at radius 2 is 1.55 bits per heavy atom. The maximum absolute atomic E-state index is 13.3. The first kappa shape index (κ1) is 22.8. The second-order valence-electron chi connectivity index (χ2n) is 8.68. The van der Waals surface area contributed by atoms with Crippen LogP contribution < -0.4 is 10.1 Å². The Morgan fingerprint density at radius 1 is 0.909 bits per heavy atom. The van der Waals surface area contributed by atoms with E-state index in [0.717, 1.165) is 42.6 Å². The minimum Gasteiger partial charge on any atom is -0.497 e. The fourth-order valence-electron chi connectivity index (χ4n) is 4.62. The van der Waals surface area contributed by atoms with Crippen molar-refractivity contribution in [1.82, 2.24) is 10.2 Å². The summed E-state index contributed by atoms with van der Waals surface area (Å²) in [6.45, 7) is 0.914. The van der Waals surface area contributed by atoms with Gasteiger partial charge in [0.05, 0.1) is 7.11 Å². The molecule has 0 atom stereocenters. The monoisotopic (exact) mass is 446 g/mol. The molecule has 2 amide bonds. The number of nitrogens with one attached hydrogen (secondary N) is 1. The van der Waals surface area contributed by atoms with E-state index in [2.05, 4.69) is 35.6 Å². The summed E-state index contributed by atoms with van der Waals surface area (Å²) in [7, 11) is 1.65. The number of nitrogens with zero attached hydrogens (tertiary/aromatic N) is 1. The van der Waals surface area contributed by atoms with Crippen LogP contribution in [0, 0.1) is 5.82 Å². The van der Waals surface area contributed by atoms with E-state index in [9.17, 15) is 9.18 Å². The van der Waals surface area contributed by atoms with E-state index in [1.165, 1.54) is 17.7 Å². The van der Waals surface area contributed by atoms with E-state index >= 15 is 0 Å². The van der Waals surface area contributed by atoms with Gasteiger partial charge < -0.3 is 15.0 Å². The highest BCUT2D eigenvalue weighted by Crippen LogP contribution is 2.35. The Bertz CT molecular complexity index is 1010. The molecule has 1 saturated carbocycles. The number of carbonyl (C=O) groups excluding carboxylic acids is 1. The zero-order valence-corrected chi connectivity index (χ0v) is 19.0. The third-order valence-electron chi connectivity index (χ3n) is 6.54. The van der Waals surface area contributed by atoms with Gasteiger partial charge in [0, 0.05) is 19.1 Å². The Hall–Kier alpha value is -3.34. The fourth-order valence-corrected chi connectivity index (χ4v) is 4.62. The van der Waals surface area contributed by atoms with E-state index < -0.39 is 0 Å². The molecule has 1 fully saturated rings. The van der Waals surface area contributed by atoms with Crippen molar-refractivity contribution in [3.05, 3.63) is 101 Å². The van der Waals surface area contributed by atoms with E-state index in [0.29, 0.717) is 19.0 Å². The number of hydrogen-bond acceptors (Lipinski definition) is 2. The van der Waals surface area contributed by atoms with Crippen LogP contribution in [0.5, 0.6) is 5.75 Å². The summed E-state index contributed by atoms with van der Waals surface area (Å²) in [6.07, 6.45) is 4.08. The molecule has 1 N–H and O–H groups in total. The highest BCUT2D eigenvalue weighted by atomic mass is 19.1. The van der Waals surface area contributed by atoms with Crippen molar-refractivity contribution in [3.63, 3.8) is 0 Å². The molecule has 1 aliphatic carbocycles. The summed E-state index contributed by atoms with van der Waals surface area (Å²) in [5.74, 6) is 1.07. The third-order valence-corrected chi connectivity index (χ3v) is 6.54. The standard InChI is InChI=1S/C28H31FN2O2/c1-33-27-17-9-22(10-18-27)20-31(28(32)30-19-21-7-13-25(29)14-8-21)26-15-11-24(12-16-26)23-5-3-2-4-6-23/h2-10,13-14,17-18,24,26H,11-12,15-16,19-20H2,1H3,(H,30,32)/t24-,26-. The van der Waals surface area contributed by atoms with Gasteiger partial charge in [-0.1, -0.05) is 54.6 Å². The Balaban J connectivity index is 1.44. The van der Waals surface area contributed by atoms with Crippen LogP contribution in [0.25, 0.3) is 0 Å². The summed E-state index contributed by atoms with van der Waals surface area (Å²) in [4.78, 5) is 15.2. The Morgan fingerprint density at radius 3 is 2.18 bits per heavy atom. The van der Waals surface area contributed by atoms with Crippen LogP contribution in [0.4, 0.5) is 9.18 Å². The Kier molecular flexibility index (Phi) is 7.61. The number of amides is 2. The van der Waals surface area contributed by atoms with Gasteiger partial charge in [0.15, 0.2) is 0 Å². The predicted molar refractivity (Wildman–Crippen MR) is 129 cm³/mol. The highest BCUT2D eigenvalue weighted by Gasteiger charge is 2.29. The molecular weight excluding hydrogens is 415 g/mol. The molecule has 4 rings (SSSR count). The summed E-state index contributed by atoms with van der Waals surface area (Å²) in [5.41, 5.74) is 3.33. The van der Waals surface area contributed by atoms with Crippen LogP contribution in [-0.4, -0.2) is 24.1 Å². The molecule has 0 aromatic heterocycles. The van der Waals surface area contributed by atoms with E-state index in [1.807, 2.05) is 29.2 Å². The molecule has 0 radical (unpaired) electrons. The maximum atomic E-state index is 13.3. The van der Waals surface area contributed by atoms with Crippen molar-refractivity contribution in [2.45, 2.75) is 50.7 Å². The van der Waals surface area contributed by atoms with Gasteiger partial charge in [-0.3, -0.25) is 0 Å². The summed E-state index contributed by atoms with van der Waals surface area (Å²) in [5, 5.41) is 3.04. The lowest BCUT2D eigenvalue weighted by Gasteiger charge is -2.37. The first-order valence-electron chi connectivity index (χ1n) is 11.6. The molecule has 3 aromatic rings. The smallest absolute Gasteiger partial charge is 0.318 e. The average Bonchev–Trinajstić information content (AvgIpc) is 2.88. The molecule has 0 unspecified atom stereocenters. The number of halogens is 1. The second-order valence-corrected chi connectivity index (χ2v) is 8.68. The Labute approximate surface area is 195 Å². The largest absolute Gasteiger partial charge is 0.497 e. The van der Waals surface area contributed by atoms with Crippen LogP contribution in [0.2, 0.25) is 0 Å². The van der Waals surface area contributed by atoms with Gasteiger partial charge in [0.2, 0.25) is 0 Å². The lowest BCUT2D eigenvalue weighted by molar-refractivity contribution is 0.146. The molecule has 1 aliphatic rings. The van der Waals surface area contributed by atoms with Crippen LogP contribution in [0.1, 0.15) is 48.3 Å². The van der Waals surface area contributed by atoms with Crippen LogP contribution in [-0.2, 0) is 13.1 Å². The fraction of sp³-hybridized carbons (Fsp3) is 0.321. The first-order chi connectivity index (χ1) is 16.1. The van der Waals surface area contributed by atoms with Gasteiger partial charge in [0.25, 0.3) is 0 Å². The van der Waals surface area contributed by atoms with Gasteiger partial charge in [-0.2, -0.15) is 0 Å². The van der Waals surface area contributed by atoms with Gasteiger partial charge in [0.1, 0.15) is 11.6 Å². The van der Waals surface area contributed by atoms with Crippen LogP contribution in [0.15, 0.2) is 78.9 Å². The zero-order chi connectivity index (χ0) is 23.0. The molecule has 0 heterocycles. The summed E-state index contributed by atoms with van der Waals surface area (Å²) in [6, 6.07) is 24.9. The predicted octanol–water partition coefficient (Wildman–Crippen LogP) is 6.27. The minimum atomic E-state index is -0.276. The van der Waals surface area contributed by atoms with E-state index in [4.69, 9.17) is 4.74 Å². The zero-order valence-electron chi connectivity index (χ0n) is 19.0. The highest BCUT2D eigenvalue weighted by molar-refractivity contribution is 5.74. The number of benzene rings is 3. The van der Waals surface area contributed by atoms with Crippen molar-refractivity contribution in [2.24, 2.45) is 0 Å². The number of hydrogen-bond donors (Lipinski definition) is 1. The summed E-state index contributed by atoms with van der Waals surface area (Å²) < 4.78 is 18.5. The number of rotatable bonds is 7. The van der Waals surface area contributed by atoms with Crippen LogP contribution >= 0.6 is 0 Å². The molecule has 5 heteroatoms. The van der Waals surface area contributed by atoms with Crippen molar-refractivity contribution in [3.8, 4) is 5.75 Å². The molecule has 33 heavy (non-hydrogen) atoms. The molecule has 172 valence electrons. The average molecular weight is 447 g/mol. The molecule has 0 spiro atoms. The molecule has 0 aliphatic heterocycles. The van der Waals surface area contributed by atoms with Gasteiger partial charge in [-0.05, 0) is 72.6 Å². The van der Waals surface area contributed by atoms with E-state index in [-0.39, 0.29) is 17.9 Å². The normalized spacial score (nSPS) is 17.9. The van der Waals surface area contributed by atoms with Crippen molar-refractivity contribution in [2.75, 3.05) is 7.11 Å². The van der Waals surface area contributed by atoms with Gasteiger partial charge >= 0.3 is 6.03 Å². The second kappa shape index (κ2) is 11.0. The topological polar surface area (TPSA) is 41.6 Å². The molecular formula is C28H31FN2O2. The SMILES string of the molecule is COc1ccc(CN(C(=O)NCc2ccc(F)cc2)[C@H]2CC[C@H](c3ccccc3)CC2)cc1. The quantitative estimate of drug-likeness (QED) is 0.465. The maximum Gasteiger partial charge on any atom is 0.318 e.